The second-order valence-electron chi connectivity index (χ2n) is 7.54. The number of carboxylic acid groups (broad SMARTS) is 1. The van der Waals surface area contributed by atoms with E-state index in [-0.39, 0.29) is 0 Å². The lowest BCUT2D eigenvalue weighted by atomic mass is 10.1. The molecule has 0 aliphatic rings. The van der Waals surface area contributed by atoms with Gasteiger partial charge in [0, 0.05) is 28.2 Å². The summed E-state index contributed by atoms with van der Waals surface area (Å²) in [6.07, 6.45) is 3.60. The lowest BCUT2D eigenvalue weighted by Gasteiger charge is -2.17. The Morgan fingerprint density at radius 1 is 1.00 bits per heavy atom. The molecule has 5 nitrogen and oxygen atoms in total. The van der Waals surface area contributed by atoms with Gasteiger partial charge in [-0.1, -0.05) is 67.6 Å². The summed E-state index contributed by atoms with van der Waals surface area (Å²) in [7, 11) is 0. The number of anilines is 1. The zero-order valence-electron chi connectivity index (χ0n) is 17.9. The van der Waals surface area contributed by atoms with Crippen LogP contribution in [-0.2, 0) is 24.1 Å². The normalized spacial score (nSPS) is 11.8. The van der Waals surface area contributed by atoms with Crippen LogP contribution < -0.4 is 5.32 Å². The molecule has 2 N–H and O–H groups in total. The second-order valence-corrected chi connectivity index (χ2v) is 8.79. The maximum atomic E-state index is 12.0. The molecule has 1 unspecified atom stereocenters. The highest BCUT2D eigenvalue weighted by atomic mass is 32.1. The first-order valence-electron chi connectivity index (χ1n) is 10.6. The van der Waals surface area contributed by atoms with Gasteiger partial charge in [-0.2, -0.15) is 0 Å². The van der Waals surface area contributed by atoms with E-state index in [1.807, 2.05) is 66.7 Å². The van der Waals surface area contributed by atoms with Crippen molar-refractivity contribution in [2.24, 2.45) is 0 Å². The molecular formula is C26H25N3O2S. The third kappa shape index (κ3) is 5.39. The summed E-state index contributed by atoms with van der Waals surface area (Å²) in [5, 5.41) is 13.0. The van der Waals surface area contributed by atoms with Crippen LogP contribution in [0.1, 0.15) is 27.9 Å². The lowest BCUT2D eigenvalue weighted by Crippen LogP contribution is -2.32. The number of hydrogen-bond acceptors (Lipinski definition) is 5. The molecule has 4 rings (SSSR count). The fourth-order valence-electron chi connectivity index (χ4n) is 3.50. The third-order valence-corrected chi connectivity index (χ3v) is 6.46. The molecule has 0 saturated heterocycles. The highest BCUT2D eigenvalue weighted by Crippen LogP contribution is 2.24. The molecule has 0 aliphatic carbocycles. The van der Waals surface area contributed by atoms with E-state index in [0.29, 0.717) is 18.7 Å². The van der Waals surface area contributed by atoms with E-state index in [4.69, 9.17) is 4.98 Å². The fourth-order valence-corrected chi connectivity index (χ4v) is 4.50. The first-order chi connectivity index (χ1) is 15.6. The molecule has 0 radical (unpaired) electrons. The molecule has 0 amide bonds. The Labute approximate surface area is 191 Å². The molecule has 2 heterocycles. The molecular weight excluding hydrogens is 418 g/mol. The zero-order valence-corrected chi connectivity index (χ0v) is 18.7. The average molecular weight is 444 g/mol. The van der Waals surface area contributed by atoms with Crippen LogP contribution in [0.5, 0.6) is 0 Å². The van der Waals surface area contributed by atoms with Crippen molar-refractivity contribution in [1.29, 1.82) is 0 Å². The van der Waals surface area contributed by atoms with Crippen molar-refractivity contribution in [1.82, 2.24) is 9.97 Å². The summed E-state index contributed by atoms with van der Waals surface area (Å²) in [4.78, 5) is 23.8. The molecule has 2 aromatic carbocycles. The van der Waals surface area contributed by atoms with E-state index in [1.54, 1.807) is 17.5 Å². The Bertz CT molecular complexity index is 1180. The summed E-state index contributed by atoms with van der Waals surface area (Å²) in [6, 6.07) is 23.2. The van der Waals surface area contributed by atoms with Gasteiger partial charge in [0.15, 0.2) is 0 Å². The minimum absolute atomic E-state index is 0.396. The number of aryl methyl sites for hydroxylation is 1. The molecule has 0 saturated carbocycles. The summed E-state index contributed by atoms with van der Waals surface area (Å²) in [5.74, 6) is -0.399. The Morgan fingerprint density at radius 3 is 2.34 bits per heavy atom. The van der Waals surface area contributed by atoms with Crippen LogP contribution in [0.25, 0.3) is 11.3 Å². The minimum atomic E-state index is -0.906. The largest absolute Gasteiger partial charge is 0.480 e. The molecule has 4 aromatic rings. The SMILES string of the molecule is CCc1ccc(CC(Nc2ncc(-c3ccccc3)nc2Cc2ccccc2)C(=O)O)s1. The van der Waals surface area contributed by atoms with E-state index in [2.05, 4.69) is 23.3 Å². The van der Waals surface area contributed by atoms with Gasteiger partial charge in [0.1, 0.15) is 11.9 Å². The minimum Gasteiger partial charge on any atom is -0.480 e. The van der Waals surface area contributed by atoms with E-state index >= 15 is 0 Å². The predicted octanol–water partition coefficient (Wildman–Crippen LogP) is 5.47. The fraction of sp³-hybridized carbons (Fsp3) is 0.192. The van der Waals surface area contributed by atoms with Crippen molar-refractivity contribution < 1.29 is 9.90 Å². The smallest absolute Gasteiger partial charge is 0.326 e. The van der Waals surface area contributed by atoms with Crippen LogP contribution >= 0.6 is 11.3 Å². The van der Waals surface area contributed by atoms with Gasteiger partial charge in [-0.25, -0.2) is 14.8 Å². The summed E-state index contributed by atoms with van der Waals surface area (Å²) in [5.41, 5.74) is 3.55. The van der Waals surface area contributed by atoms with Gasteiger partial charge < -0.3 is 10.4 Å². The van der Waals surface area contributed by atoms with Crippen molar-refractivity contribution in [3.8, 4) is 11.3 Å². The van der Waals surface area contributed by atoms with Crippen LogP contribution in [0.3, 0.4) is 0 Å². The highest BCUT2D eigenvalue weighted by Gasteiger charge is 2.22. The quantitative estimate of drug-likeness (QED) is 0.359. The number of carbonyl (C=O) groups is 1. The molecule has 0 aliphatic heterocycles. The first kappa shape index (κ1) is 21.7. The molecule has 162 valence electrons. The zero-order chi connectivity index (χ0) is 22.3. The Morgan fingerprint density at radius 2 is 1.69 bits per heavy atom. The number of aromatic nitrogens is 2. The standard InChI is InChI=1S/C26H25N3O2S/c1-2-20-13-14-21(32-20)16-23(26(30)31)29-25-22(15-18-9-5-3-6-10-18)28-24(17-27-25)19-11-7-4-8-12-19/h3-14,17,23H,2,15-16H2,1H3,(H,27,29)(H,30,31). The lowest BCUT2D eigenvalue weighted by molar-refractivity contribution is -0.137. The average Bonchev–Trinajstić information content (AvgIpc) is 3.28. The van der Waals surface area contributed by atoms with Gasteiger partial charge in [-0.15, -0.1) is 11.3 Å². The van der Waals surface area contributed by atoms with E-state index in [9.17, 15) is 9.90 Å². The van der Waals surface area contributed by atoms with Gasteiger partial charge >= 0.3 is 5.97 Å². The summed E-state index contributed by atoms with van der Waals surface area (Å²) < 4.78 is 0. The molecule has 32 heavy (non-hydrogen) atoms. The number of rotatable bonds is 9. The molecule has 2 aromatic heterocycles. The predicted molar refractivity (Wildman–Crippen MR) is 129 cm³/mol. The van der Waals surface area contributed by atoms with Crippen LogP contribution in [0, 0.1) is 0 Å². The number of nitrogens with one attached hydrogen (secondary N) is 1. The number of benzene rings is 2. The van der Waals surface area contributed by atoms with E-state index < -0.39 is 12.0 Å². The maximum absolute atomic E-state index is 12.0. The number of aliphatic carboxylic acids is 1. The molecule has 1 atom stereocenters. The Kier molecular flexibility index (Phi) is 6.92. The van der Waals surface area contributed by atoms with Crippen LogP contribution in [0.4, 0.5) is 5.82 Å². The summed E-state index contributed by atoms with van der Waals surface area (Å²) >= 11 is 1.66. The maximum Gasteiger partial charge on any atom is 0.326 e. The highest BCUT2D eigenvalue weighted by molar-refractivity contribution is 7.12. The molecule has 0 bridgehead atoms. The van der Waals surface area contributed by atoms with Crippen molar-refractivity contribution in [3.63, 3.8) is 0 Å². The van der Waals surface area contributed by atoms with Crippen molar-refractivity contribution in [2.45, 2.75) is 32.2 Å². The van der Waals surface area contributed by atoms with Gasteiger partial charge in [-0.3, -0.25) is 0 Å². The van der Waals surface area contributed by atoms with Crippen LogP contribution in [0.15, 0.2) is 79.0 Å². The molecule has 0 fully saturated rings. The van der Waals surface area contributed by atoms with Gasteiger partial charge in [0.25, 0.3) is 0 Å². The number of hydrogen-bond donors (Lipinski definition) is 2. The van der Waals surface area contributed by atoms with E-state index in [0.717, 1.165) is 33.8 Å². The second kappa shape index (κ2) is 10.2. The van der Waals surface area contributed by atoms with Crippen molar-refractivity contribution >= 4 is 23.1 Å². The van der Waals surface area contributed by atoms with E-state index in [1.165, 1.54) is 4.88 Å². The Hall–Kier alpha value is -3.51. The van der Waals surface area contributed by atoms with Crippen LogP contribution in [-0.4, -0.2) is 27.1 Å². The summed E-state index contributed by atoms with van der Waals surface area (Å²) in [6.45, 7) is 2.10. The first-order valence-corrected chi connectivity index (χ1v) is 11.5. The number of nitrogens with zero attached hydrogens (tertiary/aromatic N) is 2. The number of thiophene rings is 1. The van der Waals surface area contributed by atoms with Crippen molar-refractivity contribution in [2.75, 3.05) is 5.32 Å². The van der Waals surface area contributed by atoms with Gasteiger partial charge in [-0.05, 0) is 24.1 Å². The van der Waals surface area contributed by atoms with Crippen molar-refractivity contribution in [3.05, 3.63) is 100 Å². The van der Waals surface area contributed by atoms with Gasteiger partial charge in [0.2, 0.25) is 0 Å². The van der Waals surface area contributed by atoms with Gasteiger partial charge in [0.05, 0.1) is 17.6 Å². The third-order valence-electron chi connectivity index (χ3n) is 5.21. The Balaban J connectivity index is 1.65. The topological polar surface area (TPSA) is 75.1 Å². The monoisotopic (exact) mass is 443 g/mol. The number of carboxylic acids is 1. The van der Waals surface area contributed by atoms with Crippen LogP contribution in [0.2, 0.25) is 0 Å². The molecule has 6 heteroatoms. The molecule has 0 spiro atoms.